The summed E-state index contributed by atoms with van der Waals surface area (Å²) in [6.45, 7) is 3.22. The van der Waals surface area contributed by atoms with E-state index in [9.17, 15) is 0 Å². The molecule has 0 radical (unpaired) electrons. The summed E-state index contributed by atoms with van der Waals surface area (Å²) in [5.41, 5.74) is 0.143. The third kappa shape index (κ3) is 3.60. The second-order valence-electron chi connectivity index (χ2n) is 5.16. The summed E-state index contributed by atoms with van der Waals surface area (Å²) in [6.07, 6.45) is 4.95. The summed E-state index contributed by atoms with van der Waals surface area (Å²) in [7, 11) is 0. The van der Waals surface area contributed by atoms with Crippen LogP contribution in [0.4, 0.5) is 0 Å². The Kier molecular flexibility index (Phi) is 4.76. The van der Waals surface area contributed by atoms with Gasteiger partial charge in [-0.05, 0) is 43.7 Å². The standard InChI is InChI=1S/C13H19Cl2NS/c1-10-4-6-13(9-14,7-5-10)16-8-11-2-3-12(15)17-11/h2-3,10,16H,4-9H2,1H3. The highest BCUT2D eigenvalue weighted by Crippen LogP contribution is 2.33. The Morgan fingerprint density at radius 2 is 2.12 bits per heavy atom. The molecule has 2 rings (SSSR count). The number of halogens is 2. The predicted molar refractivity (Wildman–Crippen MR) is 77.3 cm³/mol. The molecule has 17 heavy (non-hydrogen) atoms. The maximum atomic E-state index is 6.17. The zero-order chi connectivity index (χ0) is 12.3. The van der Waals surface area contributed by atoms with Crippen molar-refractivity contribution in [1.29, 1.82) is 0 Å². The first kappa shape index (κ1) is 13.7. The highest BCUT2D eigenvalue weighted by molar-refractivity contribution is 7.16. The molecule has 1 fully saturated rings. The molecule has 0 atom stereocenters. The van der Waals surface area contributed by atoms with E-state index in [4.69, 9.17) is 23.2 Å². The van der Waals surface area contributed by atoms with Gasteiger partial charge in [-0.2, -0.15) is 0 Å². The maximum absolute atomic E-state index is 6.17. The van der Waals surface area contributed by atoms with Crippen LogP contribution in [-0.2, 0) is 6.54 Å². The molecule has 1 saturated carbocycles. The van der Waals surface area contributed by atoms with Gasteiger partial charge in [0.15, 0.2) is 0 Å². The number of thiophene rings is 1. The quantitative estimate of drug-likeness (QED) is 0.795. The molecule has 0 aliphatic heterocycles. The minimum atomic E-state index is 0.143. The zero-order valence-electron chi connectivity index (χ0n) is 10.1. The van der Waals surface area contributed by atoms with Gasteiger partial charge in [0.05, 0.1) is 4.34 Å². The molecule has 1 aliphatic carbocycles. The molecule has 1 heterocycles. The summed E-state index contributed by atoms with van der Waals surface area (Å²) in [6, 6.07) is 4.05. The Hall–Kier alpha value is 0.240. The molecule has 96 valence electrons. The Morgan fingerprint density at radius 3 is 2.65 bits per heavy atom. The number of hydrogen-bond donors (Lipinski definition) is 1. The summed E-state index contributed by atoms with van der Waals surface area (Å²) >= 11 is 13.8. The van der Waals surface area contributed by atoms with Gasteiger partial charge in [0, 0.05) is 22.8 Å². The van der Waals surface area contributed by atoms with E-state index in [1.54, 1.807) is 11.3 Å². The molecule has 0 amide bonds. The van der Waals surface area contributed by atoms with Crippen LogP contribution in [0.1, 0.15) is 37.5 Å². The fraction of sp³-hybridized carbons (Fsp3) is 0.692. The lowest BCUT2D eigenvalue weighted by atomic mass is 9.78. The van der Waals surface area contributed by atoms with E-state index in [1.165, 1.54) is 30.6 Å². The Morgan fingerprint density at radius 1 is 1.41 bits per heavy atom. The molecule has 0 bridgehead atoms. The van der Waals surface area contributed by atoms with E-state index < -0.39 is 0 Å². The predicted octanol–water partition coefficient (Wildman–Crippen LogP) is 4.68. The van der Waals surface area contributed by atoms with E-state index in [1.807, 2.05) is 6.07 Å². The van der Waals surface area contributed by atoms with E-state index in [0.29, 0.717) is 5.88 Å². The van der Waals surface area contributed by atoms with Gasteiger partial charge in [0.25, 0.3) is 0 Å². The van der Waals surface area contributed by atoms with Gasteiger partial charge in [0.2, 0.25) is 0 Å². The Labute approximate surface area is 118 Å². The summed E-state index contributed by atoms with van der Waals surface area (Å²) in [5.74, 6) is 1.56. The molecule has 0 unspecified atom stereocenters. The van der Waals surface area contributed by atoms with E-state index in [2.05, 4.69) is 18.3 Å². The summed E-state index contributed by atoms with van der Waals surface area (Å²) in [5, 5.41) is 3.65. The van der Waals surface area contributed by atoms with Gasteiger partial charge in [0.1, 0.15) is 0 Å². The van der Waals surface area contributed by atoms with E-state index in [-0.39, 0.29) is 5.54 Å². The van der Waals surface area contributed by atoms with Crippen LogP contribution in [0.2, 0.25) is 4.34 Å². The van der Waals surface area contributed by atoms with Gasteiger partial charge in [-0.1, -0.05) is 18.5 Å². The first-order valence-electron chi connectivity index (χ1n) is 6.19. The molecule has 0 aromatic carbocycles. The molecule has 1 aliphatic rings. The SMILES string of the molecule is CC1CCC(CCl)(NCc2ccc(Cl)s2)CC1. The van der Waals surface area contributed by atoms with Crippen LogP contribution in [0.5, 0.6) is 0 Å². The molecule has 1 aromatic rings. The first-order valence-corrected chi connectivity index (χ1v) is 7.92. The number of hydrogen-bond acceptors (Lipinski definition) is 2. The van der Waals surface area contributed by atoms with Crippen molar-refractivity contribution in [3.05, 3.63) is 21.3 Å². The van der Waals surface area contributed by atoms with Crippen LogP contribution in [0.15, 0.2) is 12.1 Å². The van der Waals surface area contributed by atoms with E-state index in [0.717, 1.165) is 16.8 Å². The summed E-state index contributed by atoms with van der Waals surface area (Å²) < 4.78 is 0.860. The Balaban J connectivity index is 1.91. The lowest BCUT2D eigenvalue weighted by molar-refractivity contribution is 0.216. The second-order valence-corrected chi connectivity index (χ2v) is 7.22. The molecule has 1 nitrogen and oxygen atoms in total. The van der Waals surface area contributed by atoms with Crippen molar-refractivity contribution in [3.8, 4) is 0 Å². The van der Waals surface area contributed by atoms with Crippen molar-refractivity contribution < 1.29 is 0 Å². The van der Waals surface area contributed by atoms with E-state index >= 15 is 0 Å². The van der Waals surface area contributed by atoms with Crippen LogP contribution < -0.4 is 5.32 Å². The van der Waals surface area contributed by atoms with Gasteiger partial charge in [-0.15, -0.1) is 22.9 Å². The van der Waals surface area contributed by atoms with Crippen molar-refractivity contribution in [3.63, 3.8) is 0 Å². The monoisotopic (exact) mass is 291 g/mol. The van der Waals surface area contributed by atoms with Gasteiger partial charge < -0.3 is 5.32 Å². The van der Waals surface area contributed by atoms with Crippen molar-refractivity contribution in [2.24, 2.45) is 5.92 Å². The number of rotatable bonds is 4. The van der Waals surface area contributed by atoms with Crippen LogP contribution >= 0.6 is 34.5 Å². The molecule has 0 saturated heterocycles. The van der Waals surface area contributed by atoms with Crippen LogP contribution in [0.3, 0.4) is 0 Å². The average Bonchev–Trinajstić information content (AvgIpc) is 2.75. The maximum Gasteiger partial charge on any atom is 0.0931 e. The largest absolute Gasteiger partial charge is 0.305 e. The normalized spacial score (nSPS) is 29.5. The number of alkyl halides is 1. The third-order valence-corrected chi connectivity index (χ3v) is 5.50. The topological polar surface area (TPSA) is 12.0 Å². The van der Waals surface area contributed by atoms with Crippen LogP contribution in [-0.4, -0.2) is 11.4 Å². The highest BCUT2D eigenvalue weighted by Gasteiger charge is 2.32. The van der Waals surface area contributed by atoms with Gasteiger partial charge in [-0.25, -0.2) is 0 Å². The zero-order valence-corrected chi connectivity index (χ0v) is 12.5. The van der Waals surface area contributed by atoms with Crippen LogP contribution in [0, 0.1) is 5.92 Å². The molecular formula is C13H19Cl2NS. The first-order chi connectivity index (χ1) is 8.13. The van der Waals surface area contributed by atoms with Gasteiger partial charge in [-0.3, -0.25) is 0 Å². The molecule has 4 heteroatoms. The second kappa shape index (κ2) is 5.92. The molecule has 1 aromatic heterocycles. The fourth-order valence-electron chi connectivity index (χ4n) is 2.39. The molecule has 1 N–H and O–H groups in total. The fourth-order valence-corrected chi connectivity index (χ4v) is 3.78. The highest BCUT2D eigenvalue weighted by atomic mass is 35.5. The van der Waals surface area contributed by atoms with Crippen molar-refractivity contribution >= 4 is 34.5 Å². The Bertz CT molecular complexity index is 356. The summed E-state index contributed by atoms with van der Waals surface area (Å²) in [4.78, 5) is 1.29. The van der Waals surface area contributed by atoms with Gasteiger partial charge >= 0.3 is 0 Å². The minimum Gasteiger partial charge on any atom is -0.305 e. The smallest absolute Gasteiger partial charge is 0.0931 e. The number of nitrogens with one attached hydrogen (secondary N) is 1. The molecular weight excluding hydrogens is 273 g/mol. The third-order valence-electron chi connectivity index (χ3n) is 3.75. The average molecular weight is 292 g/mol. The lowest BCUT2D eigenvalue weighted by Crippen LogP contribution is -2.48. The van der Waals surface area contributed by atoms with Crippen molar-refractivity contribution in [2.75, 3.05) is 5.88 Å². The van der Waals surface area contributed by atoms with Crippen molar-refractivity contribution in [1.82, 2.24) is 5.32 Å². The molecule has 0 spiro atoms. The van der Waals surface area contributed by atoms with Crippen LogP contribution in [0.25, 0.3) is 0 Å². The lowest BCUT2D eigenvalue weighted by Gasteiger charge is -2.39. The van der Waals surface area contributed by atoms with Crippen molar-refractivity contribution in [2.45, 2.75) is 44.7 Å². The minimum absolute atomic E-state index is 0.143.